The minimum atomic E-state index is -3.84. The van der Waals surface area contributed by atoms with E-state index in [9.17, 15) is 13.2 Å². The number of amides is 1. The number of hydrogen-bond acceptors (Lipinski definition) is 4. The van der Waals surface area contributed by atoms with Crippen LogP contribution in [0.1, 0.15) is 15.9 Å². The molecule has 0 atom stereocenters. The molecule has 0 spiro atoms. The Hall–Kier alpha value is -2.84. The van der Waals surface area contributed by atoms with Gasteiger partial charge in [0.1, 0.15) is 5.75 Å². The molecule has 142 valence electrons. The minimum absolute atomic E-state index is 0.280. The lowest BCUT2D eigenvalue weighted by atomic mass is 10.1. The highest BCUT2D eigenvalue weighted by molar-refractivity contribution is 7.87. The van der Waals surface area contributed by atoms with Gasteiger partial charge in [-0.25, -0.2) is 4.72 Å². The standard InChI is InChI=1S/C19H21N3O4S/c1-21(2)27(24,25)20-19(23)16-7-6-15-10-11-22(18(15)12-16)13-14-4-8-17(26-3)9-5-14/h4-12H,13H2,1-3H3,(H,20,23). The Balaban J connectivity index is 1.88. The van der Waals surface area contributed by atoms with E-state index < -0.39 is 16.1 Å². The van der Waals surface area contributed by atoms with Crippen LogP contribution in [-0.4, -0.2) is 44.4 Å². The Morgan fingerprint density at radius 3 is 2.44 bits per heavy atom. The molecule has 8 heteroatoms. The summed E-state index contributed by atoms with van der Waals surface area (Å²) >= 11 is 0. The molecule has 3 aromatic rings. The van der Waals surface area contributed by atoms with Crippen LogP contribution in [0.2, 0.25) is 0 Å². The van der Waals surface area contributed by atoms with Crippen LogP contribution in [0.15, 0.2) is 54.7 Å². The number of fused-ring (bicyclic) bond motifs is 1. The third-order valence-electron chi connectivity index (χ3n) is 4.25. The van der Waals surface area contributed by atoms with Crippen LogP contribution in [-0.2, 0) is 16.8 Å². The van der Waals surface area contributed by atoms with Gasteiger partial charge in [-0.05, 0) is 41.3 Å². The van der Waals surface area contributed by atoms with E-state index in [0.29, 0.717) is 6.54 Å². The molecule has 0 aliphatic carbocycles. The number of ether oxygens (including phenoxy) is 1. The van der Waals surface area contributed by atoms with Crippen LogP contribution in [0.25, 0.3) is 10.9 Å². The van der Waals surface area contributed by atoms with Gasteiger partial charge in [0, 0.05) is 37.9 Å². The number of carbonyl (C=O) groups is 1. The molecule has 0 saturated heterocycles. The van der Waals surface area contributed by atoms with Gasteiger partial charge in [-0.3, -0.25) is 4.79 Å². The second-order valence-corrected chi connectivity index (χ2v) is 8.17. The first-order chi connectivity index (χ1) is 12.8. The summed E-state index contributed by atoms with van der Waals surface area (Å²) < 4.78 is 33.9. The Labute approximate surface area is 158 Å². The molecule has 1 aromatic heterocycles. The van der Waals surface area contributed by atoms with Crippen LogP contribution in [0.5, 0.6) is 5.75 Å². The van der Waals surface area contributed by atoms with Gasteiger partial charge in [-0.1, -0.05) is 18.2 Å². The fraction of sp³-hybridized carbons (Fsp3) is 0.211. The van der Waals surface area contributed by atoms with Gasteiger partial charge in [0.25, 0.3) is 5.91 Å². The van der Waals surface area contributed by atoms with Crippen LogP contribution in [0.4, 0.5) is 0 Å². The normalized spacial score (nSPS) is 11.7. The molecular formula is C19H21N3O4S. The Kier molecular flexibility index (Phi) is 5.20. The summed E-state index contributed by atoms with van der Waals surface area (Å²) in [5, 5.41) is 0.968. The first kappa shape index (κ1) is 18.9. The van der Waals surface area contributed by atoms with Gasteiger partial charge in [0.05, 0.1) is 7.11 Å². The fourth-order valence-corrected chi connectivity index (χ4v) is 3.19. The van der Waals surface area contributed by atoms with Crippen molar-refractivity contribution in [3.05, 3.63) is 65.9 Å². The van der Waals surface area contributed by atoms with E-state index in [1.807, 2.05) is 45.8 Å². The molecule has 0 saturated carbocycles. The van der Waals surface area contributed by atoms with Crippen molar-refractivity contribution >= 4 is 27.0 Å². The average molecular weight is 387 g/mol. The van der Waals surface area contributed by atoms with Gasteiger partial charge in [-0.15, -0.1) is 0 Å². The molecule has 27 heavy (non-hydrogen) atoms. The molecule has 0 unspecified atom stereocenters. The van der Waals surface area contributed by atoms with Crippen molar-refractivity contribution in [1.82, 2.24) is 13.6 Å². The lowest BCUT2D eigenvalue weighted by Gasteiger charge is -2.12. The van der Waals surface area contributed by atoms with Crippen LogP contribution >= 0.6 is 0 Å². The summed E-state index contributed by atoms with van der Waals surface area (Å²) in [6.45, 7) is 0.620. The third kappa shape index (κ3) is 4.12. The third-order valence-corrected chi connectivity index (χ3v) is 5.66. The summed E-state index contributed by atoms with van der Waals surface area (Å²) in [5.74, 6) is 0.125. The van der Waals surface area contributed by atoms with Gasteiger partial charge >= 0.3 is 10.2 Å². The zero-order valence-corrected chi connectivity index (χ0v) is 16.2. The van der Waals surface area contributed by atoms with Crippen LogP contribution < -0.4 is 9.46 Å². The summed E-state index contributed by atoms with van der Waals surface area (Å²) in [6.07, 6.45) is 1.94. The summed E-state index contributed by atoms with van der Waals surface area (Å²) in [4.78, 5) is 12.3. The smallest absolute Gasteiger partial charge is 0.303 e. The predicted molar refractivity (Wildman–Crippen MR) is 104 cm³/mol. The molecule has 0 aliphatic heterocycles. The quantitative estimate of drug-likeness (QED) is 0.703. The molecule has 1 N–H and O–H groups in total. The van der Waals surface area contributed by atoms with E-state index in [0.717, 1.165) is 26.5 Å². The number of nitrogens with one attached hydrogen (secondary N) is 1. The number of carbonyl (C=O) groups excluding carboxylic acids is 1. The fourth-order valence-electron chi connectivity index (χ4n) is 2.66. The molecule has 1 amide bonds. The zero-order valence-electron chi connectivity index (χ0n) is 15.3. The number of methoxy groups -OCH3 is 1. The van der Waals surface area contributed by atoms with Crippen molar-refractivity contribution in [3.8, 4) is 5.75 Å². The molecular weight excluding hydrogens is 366 g/mol. The van der Waals surface area contributed by atoms with Crippen molar-refractivity contribution in [1.29, 1.82) is 0 Å². The number of hydrogen-bond donors (Lipinski definition) is 1. The van der Waals surface area contributed by atoms with Gasteiger partial charge in [-0.2, -0.15) is 12.7 Å². The van der Waals surface area contributed by atoms with Gasteiger partial charge in [0.2, 0.25) is 0 Å². The van der Waals surface area contributed by atoms with Crippen molar-refractivity contribution in [2.45, 2.75) is 6.54 Å². The van der Waals surface area contributed by atoms with Crippen molar-refractivity contribution < 1.29 is 17.9 Å². The second kappa shape index (κ2) is 7.42. The van der Waals surface area contributed by atoms with E-state index in [-0.39, 0.29) is 5.56 Å². The largest absolute Gasteiger partial charge is 0.497 e. The summed E-state index contributed by atoms with van der Waals surface area (Å²) in [7, 11) is 0.507. The highest BCUT2D eigenvalue weighted by Crippen LogP contribution is 2.20. The first-order valence-electron chi connectivity index (χ1n) is 8.26. The maximum atomic E-state index is 12.3. The zero-order chi connectivity index (χ0) is 19.6. The lowest BCUT2D eigenvalue weighted by Crippen LogP contribution is -2.39. The van der Waals surface area contributed by atoms with Crippen molar-refractivity contribution in [2.75, 3.05) is 21.2 Å². The van der Waals surface area contributed by atoms with Crippen molar-refractivity contribution in [3.63, 3.8) is 0 Å². The number of aromatic nitrogens is 1. The Morgan fingerprint density at radius 1 is 1.11 bits per heavy atom. The number of benzene rings is 2. The molecule has 0 fully saturated rings. The van der Waals surface area contributed by atoms with Gasteiger partial charge in [0.15, 0.2) is 0 Å². The highest BCUT2D eigenvalue weighted by atomic mass is 32.2. The van der Waals surface area contributed by atoms with E-state index in [1.54, 1.807) is 25.3 Å². The van der Waals surface area contributed by atoms with Crippen LogP contribution in [0.3, 0.4) is 0 Å². The monoisotopic (exact) mass is 387 g/mol. The molecule has 0 bridgehead atoms. The maximum Gasteiger partial charge on any atom is 0.303 e. The first-order valence-corrected chi connectivity index (χ1v) is 9.70. The maximum absolute atomic E-state index is 12.3. The van der Waals surface area contributed by atoms with E-state index in [2.05, 4.69) is 0 Å². The summed E-state index contributed by atoms with van der Waals surface area (Å²) in [6, 6.07) is 14.8. The number of rotatable bonds is 6. The SMILES string of the molecule is COc1ccc(Cn2ccc3ccc(C(=O)NS(=O)(=O)N(C)C)cc32)cc1. The predicted octanol–water partition coefficient (Wildman–Crippen LogP) is 2.23. The Morgan fingerprint density at radius 2 is 1.81 bits per heavy atom. The van der Waals surface area contributed by atoms with E-state index >= 15 is 0 Å². The molecule has 0 radical (unpaired) electrons. The molecule has 3 rings (SSSR count). The minimum Gasteiger partial charge on any atom is -0.497 e. The topological polar surface area (TPSA) is 80.6 Å². The molecule has 2 aromatic carbocycles. The highest BCUT2D eigenvalue weighted by Gasteiger charge is 2.18. The van der Waals surface area contributed by atoms with E-state index in [4.69, 9.17) is 4.74 Å². The second-order valence-electron chi connectivity index (χ2n) is 6.28. The van der Waals surface area contributed by atoms with Gasteiger partial charge < -0.3 is 9.30 Å². The molecule has 0 aliphatic rings. The summed E-state index contributed by atoms with van der Waals surface area (Å²) in [5.41, 5.74) is 2.21. The number of nitrogens with zero attached hydrogens (tertiary/aromatic N) is 2. The Bertz CT molecular complexity index is 1070. The lowest BCUT2D eigenvalue weighted by molar-refractivity contribution is 0.0980. The molecule has 1 heterocycles. The van der Waals surface area contributed by atoms with Crippen LogP contribution in [0, 0.1) is 0 Å². The average Bonchev–Trinajstić information content (AvgIpc) is 3.04. The molecule has 7 nitrogen and oxygen atoms in total. The van der Waals surface area contributed by atoms with E-state index in [1.165, 1.54) is 14.1 Å². The van der Waals surface area contributed by atoms with Crippen molar-refractivity contribution in [2.24, 2.45) is 0 Å².